The number of aryl methyl sites for hydroxylation is 1. The standard InChI is InChI=1S/C9H12N4S2/c1-5-8(13-9(11-2)14-5)6-4-12-7(3-10)15-6/h4H,3,10H2,1-2H3,(H,11,13). The molecule has 0 saturated carbocycles. The molecule has 6 heteroatoms. The fourth-order valence-corrected chi connectivity index (χ4v) is 2.94. The summed E-state index contributed by atoms with van der Waals surface area (Å²) in [5.74, 6) is 0. The van der Waals surface area contributed by atoms with Crippen LogP contribution in [0.4, 0.5) is 5.13 Å². The molecule has 0 aliphatic carbocycles. The highest BCUT2D eigenvalue weighted by molar-refractivity contribution is 7.17. The van der Waals surface area contributed by atoms with Crippen LogP contribution in [0.1, 0.15) is 9.88 Å². The molecular weight excluding hydrogens is 228 g/mol. The Morgan fingerprint density at radius 1 is 1.47 bits per heavy atom. The Morgan fingerprint density at radius 3 is 2.80 bits per heavy atom. The molecule has 0 radical (unpaired) electrons. The molecule has 0 fully saturated rings. The molecule has 15 heavy (non-hydrogen) atoms. The smallest absolute Gasteiger partial charge is 0.183 e. The van der Waals surface area contributed by atoms with Crippen molar-refractivity contribution in [1.29, 1.82) is 0 Å². The van der Waals surface area contributed by atoms with E-state index in [2.05, 4.69) is 22.2 Å². The van der Waals surface area contributed by atoms with Crippen LogP contribution in [0.25, 0.3) is 10.6 Å². The second-order valence-corrected chi connectivity index (χ2v) is 5.31. The molecule has 0 aliphatic rings. The average molecular weight is 240 g/mol. The van der Waals surface area contributed by atoms with Crippen LogP contribution >= 0.6 is 22.7 Å². The fourth-order valence-electron chi connectivity index (χ4n) is 1.25. The van der Waals surface area contributed by atoms with Crippen molar-refractivity contribution in [1.82, 2.24) is 9.97 Å². The molecule has 0 spiro atoms. The Kier molecular flexibility index (Phi) is 2.99. The number of aromatic nitrogens is 2. The summed E-state index contributed by atoms with van der Waals surface area (Å²) in [6.07, 6.45) is 1.84. The number of hydrogen-bond donors (Lipinski definition) is 2. The summed E-state index contributed by atoms with van der Waals surface area (Å²) in [6.45, 7) is 2.56. The van der Waals surface area contributed by atoms with Crippen LogP contribution < -0.4 is 11.1 Å². The highest BCUT2D eigenvalue weighted by atomic mass is 32.1. The third kappa shape index (κ3) is 2.01. The number of thiazole rings is 2. The largest absolute Gasteiger partial charge is 0.365 e. The van der Waals surface area contributed by atoms with Crippen molar-refractivity contribution >= 4 is 27.8 Å². The van der Waals surface area contributed by atoms with Gasteiger partial charge in [0.2, 0.25) is 0 Å². The summed E-state index contributed by atoms with van der Waals surface area (Å²) < 4.78 is 0. The molecule has 80 valence electrons. The Balaban J connectivity index is 2.39. The Labute approximate surface area is 96.2 Å². The van der Waals surface area contributed by atoms with Crippen LogP contribution in [0.5, 0.6) is 0 Å². The van der Waals surface area contributed by atoms with Gasteiger partial charge in [0.25, 0.3) is 0 Å². The van der Waals surface area contributed by atoms with E-state index < -0.39 is 0 Å². The number of rotatable bonds is 3. The van der Waals surface area contributed by atoms with E-state index in [1.54, 1.807) is 22.7 Å². The number of anilines is 1. The second kappa shape index (κ2) is 4.26. The molecule has 0 atom stereocenters. The van der Waals surface area contributed by atoms with Gasteiger partial charge in [-0.05, 0) is 6.92 Å². The van der Waals surface area contributed by atoms with Crippen LogP contribution in [0.15, 0.2) is 6.20 Å². The first kappa shape index (κ1) is 10.5. The van der Waals surface area contributed by atoms with Crippen LogP contribution in [-0.2, 0) is 6.54 Å². The third-order valence-corrected chi connectivity index (χ3v) is 3.99. The molecule has 2 rings (SSSR count). The predicted octanol–water partition coefficient (Wildman–Crippen LogP) is 2.08. The van der Waals surface area contributed by atoms with Crippen molar-refractivity contribution in [3.05, 3.63) is 16.1 Å². The summed E-state index contributed by atoms with van der Waals surface area (Å²) >= 11 is 3.26. The lowest BCUT2D eigenvalue weighted by molar-refractivity contribution is 1.04. The minimum atomic E-state index is 0.493. The number of hydrogen-bond acceptors (Lipinski definition) is 6. The molecule has 2 aromatic heterocycles. The van der Waals surface area contributed by atoms with Crippen molar-refractivity contribution in [2.24, 2.45) is 5.73 Å². The minimum Gasteiger partial charge on any atom is -0.365 e. The van der Waals surface area contributed by atoms with E-state index in [0.717, 1.165) is 20.7 Å². The lowest BCUT2D eigenvalue weighted by atomic mass is 10.3. The maximum Gasteiger partial charge on any atom is 0.183 e. The van der Waals surface area contributed by atoms with Gasteiger partial charge in [-0.2, -0.15) is 0 Å². The highest BCUT2D eigenvalue weighted by Gasteiger charge is 2.11. The van der Waals surface area contributed by atoms with Crippen LogP contribution in [0.2, 0.25) is 0 Å². The molecule has 0 aliphatic heterocycles. The van der Waals surface area contributed by atoms with Crippen molar-refractivity contribution in [2.75, 3.05) is 12.4 Å². The quantitative estimate of drug-likeness (QED) is 0.862. The highest BCUT2D eigenvalue weighted by Crippen LogP contribution is 2.33. The SMILES string of the molecule is CNc1nc(-c2cnc(CN)s2)c(C)s1. The summed E-state index contributed by atoms with van der Waals surface area (Å²) in [7, 11) is 1.88. The normalized spacial score (nSPS) is 10.6. The topological polar surface area (TPSA) is 63.8 Å². The van der Waals surface area contributed by atoms with Gasteiger partial charge in [-0.15, -0.1) is 22.7 Å². The molecule has 0 aromatic carbocycles. The lowest BCUT2D eigenvalue weighted by Crippen LogP contribution is -1.93. The van der Waals surface area contributed by atoms with Gasteiger partial charge in [0.15, 0.2) is 5.13 Å². The first-order valence-electron chi connectivity index (χ1n) is 4.55. The van der Waals surface area contributed by atoms with Gasteiger partial charge in [-0.1, -0.05) is 0 Å². The van der Waals surface area contributed by atoms with Crippen LogP contribution in [-0.4, -0.2) is 17.0 Å². The maximum atomic E-state index is 5.53. The number of nitrogens with zero attached hydrogens (tertiary/aromatic N) is 2. The van der Waals surface area contributed by atoms with E-state index >= 15 is 0 Å². The van der Waals surface area contributed by atoms with E-state index in [1.165, 1.54) is 4.88 Å². The maximum absolute atomic E-state index is 5.53. The Bertz CT molecular complexity index is 460. The van der Waals surface area contributed by atoms with Gasteiger partial charge in [0.1, 0.15) is 5.01 Å². The zero-order valence-corrected chi connectivity index (χ0v) is 10.2. The molecular formula is C9H12N4S2. The van der Waals surface area contributed by atoms with Crippen molar-refractivity contribution in [3.63, 3.8) is 0 Å². The average Bonchev–Trinajstić information content (AvgIpc) is 2.83. The third-order valence-electron chi connectivity index (χ3n) is 1.97. The number of nitrogens with two attached hydrogens (primary N) is 1. The van der Waals surface area contributed by atoms with Crippen molar-refractivity contribution < 1.29 is 0 Å². The Hall–Kier alpha value is -0.980. The van der Waals surface area contributed by atoms with Gasteiger partial charge in [-0.25, -0.2) is 9.97 Å². The van der Waals surface area contributed by atoms with Crippen molar-refractivity contribution in [2.45, 2.75) is 13.5 Å². The molecule has 4 nitrogen and oxygen atoms in total. The first-order valence-corrected chi connectivity index (χ1v) is 6.18. The van der Waals surface area contributed by atoms with E-state index in [-0.39, 0.29) is 0 Å². The zero-order valence-electron chi connectivity index (χ0n) is 8.57. The molecule has 0 saturated heterocycles. The van der Waals surface area contributed by atoms with Gasteiger partial charge in [0.05, 0.1) is 10.6 Å². The summed E-state index contributed by atoms with van der Waals surface area (Å²) in [6, 6.07) is 0. The van der Waals surface area contributed by atoms with Crippen LogP contribution in [0.3, 0.4) is 0 Å². The predicted molar refractivity (Wildman–Crippen MR) is 65.4 cm³/mol. The molecule has 0 unspecified atom stereocenters. The monoisotopic (exact) mass is 240 g/mol. The number of nitrogens with one attached hydrogen (secondary N) is 1. The lowest BCUT2D eigenvalue weighted by Gasteiger charge is -1.90. The van der Waals surface area contributed by atoms with Crippen LogP contribution in [0, 0.1) is 6.92 Å². The second-order valence-electron chi connectivity index (χ2n) is 3.00. The van der Waals surface area contributed by atoms with Crippen molar-refractivity contribution in [3.8, 4) is 10.6 Å². The van der Waals surface area contributed by atoms with E-state index in [9.17, 15) is 0 Å². The summed E-state index contributed by atoms with van der Waals surface area (Å²) in [4.78, 5) is 11.0. The van der Waals surface area contributed by atoms with Gasteiger partial charge >= 0.3 is 0 Å². The van der Waals surface area contributed by atoms with Gasteiger partial charge < -0.3 is 11.1 Å². The first-order chi connectivity index (χ1) is 7.24. The summed E-state index contributed by atoms with van der Waals surface area (Å²) in [5.41, 5.74) is 6.54. The minimum absolute atomic E-state index is 0.493. The molecule has 3 N–H and O–H groups in total. The molecule has 2 aromatic rings. The van der Waals surface area contributed by atoms with E-state index in [4.69, 9.17) is 5.73 Å². The fraction of sp³-hybridized carbons (Fsp3) is 0.333. The molecule has 0 amide bonds. The van der Waals surface area contributed by atoms with Gasteiger partial charge in [-0.3, -0.25) is 0 Å². The zero-order chi connectivity index (χ0) is 10.8. The Morgan fingerprint density at radius 2 is 2.27 bits per heavy atom. The van der Waals surface area contributed by atoms with E-state index in [1.807, 2.05) is 13.2 Å². The summed E-state index contributed by atoms with van der Waals surface area (Å²) in [5, 5.41) is 4.93. The van der Waals surface area contributed by atoms with Gasteiger partial charge in [0, 0.05) is 24.7 Å². The molecule has 2 heterocycles. The van der Waals surface area contributed by atoms with E-state index in [0.29, 0.717) is 6.54 Å². The molecule has 0 bridgehead atoms.